The summed E-state index contributed by atoms with van der Waals surface area (Å²) >= 11 is 0. The standard InChI is InChI=1S/C27H37N/c1-8-21(7)12-10-11-13-26-22(9-2)18-25(27(28-26)20(5)6)24-16-14-23(15-17-24)19(3)4/h2,14-21H,8,10-13H2,1,3-7H3/t21-/m1/s1. The molecule has 0 aliphatic rings. The molecule has 0 unspecified atom stereocenters. The van der Waals surface area contributed by atoms with Crippen LogP contribution in [-0.4, -0.2) is 4.98 Å². The number of unbranched alkanes of at least 4 members (excludes halogenated alkanes) is 1. The fraction of sp³-hybridized carbons (Fsp3) is 0.519. The third kappa shape index (κ3) is 5.71. The first-order valence-electron chi connectivity index (χ1n) is 11.0. The number of hydrogen-bond donors (Lipinski definition) is 0. The van der Waals surface area contributed by atoms with Gasteiger partial charge in [-0.15, -0.1) is 6.42 Å². The summed E-state index contributed by atoms with van der Waals surface area (Å²) in [4.78, 5) is 5.07. The van der Waals surface area contributed by atoms with Crippen molar-refractivity contribution in [2.75, 3.05) is 0 Å². The summed E-state index contributed by atoms with van der Waals surface area (Å²) in [6, 6.07) is 11.1. The minimum absolute atomic E-state index is 0.366. The quantitative estimate of drug-likeness (QED) is 0.323. The van der Waals surface area contributed by atoms with E-state index in [4.69, 9.17) is 11.4 Å². The van der Waals surface area contributed by atoms with Gasteiger partial charge < -0.3 is 0 Å². The van der Waals surface area contributed by atoms with Crippen LogP contribution in [-0.2, 0) is 6.42 Å². The molecule has 0 saturated carbocycles. The zero-order valence-electron chi connectivity index (χ0n) is 18.7. The molecule has 0 fully saturated rings. The summed E-state index contributed by atoms with van der Waals surface area (Å²) in [5.74, 6) is 4.61. The highest BCUT2D eigenvalue weighted by Gasteiger charge is 2.15. The van der Waals surface area contributed by atoms with Crippen molar-refractivity contribution in [1.82, 2.24) is 4.98 Å². The van der Waals surface area contributed by atoms with Gasteiger partial charge in [0.1, 0.15) is 0 Å². The number of terminal acetylenes is 1. The van der Waals surface area contributed by atoms with Crippen LogP contribution in [0.15, 0.2) is 30.3 Å². The predicted octanol–water partition coefficient (Wildman–Crippen LogP) is 7.74. The van der Waals surface area contributed by atoms with E-state index < -0.39 is 0 Å². The lowest BCUT2D eigenvalue weighted by Crippen LogP contribution is -2.05. The van der Waals surface area contributed by atoms with Gasteiger partial charge in [0.2, 0.25) is 0 Å². The molecule has 0 saturated heterocycles. The number of nitrogens with zero attached hydrogens (tertiary/aromatic N) is 1. The topological polar surface area (TPSA) is 12.9 Å². The van der Waals surface area contributed by atoms with Gasteiger partial charge >= 0.3 is 0 Å². The maximum Gasteiger partial charge on any atom is 0.0563 e. The summed E-state index contributed by atoms with van der Waals surface area (Å²) in [6.07, 6.45) is 11.8. The monoisotopic (exact) mass is 375 g/mol. The Kier molecular flexibility index (Phi) is 8.31. The molecular formula is C27H37N. The zero-order valence-corrected chi connectivity index (χ0v) is 18.7. The Hall–Kier alpha value is -2.07. The highest BCUT2D eigenvalue weighted by Crippen LogP contribution is 2.31. The van der Waals surface area contributed by atoms with Crippen LogP contribution in [0.5, 0.6) is 0 Å². The number of pyridine rings is 1. The Morgan fingerprint density at radius 3 is 2.18 bits per heavy atom. The van der Waals surface area contributed by atoms with E-state index in [0.717, 1.165) is 35.7 Å². The van der Waals surface area contributed by atoms with E-state index in [1.165, 1.54) is 36.0 Å². The van der Waals surface area contributed by atoms with Gasteiger partial charge in [-0.1, -0.05) is 91.0 Å². The minimum atomic E-state index is 0.366. The fourth-order valence-corrected chi connectivity index (χ4v) is 3.59. The average Bonchev–Trinajstić information content (AvgIpc) is 2.70. The van der Waals surface area contributed by atoms with E-state index in [9.17, 15) is 0 Å². The van der Waals surface area contributed by atoms with E-state index in [1.807, 2.05) is 0 Å². The van der Waals surface area contributed by atoms with Crippen molar-refractivity contribution < 1.29 is 0 Å². The summed E-state index contributed by atoms with van der Waals surface area (Å²) in [5.41, 5.74) is 6.96. The maximum absolute atomic E-state index is 5.87. The number of rotatable bonds is 9. The molecule has 0 aliphatic heterocycles. The first-order chi connectivity index (χ1) is 13.4. The van der Waals surface area contributed by atoms with Crippen LogP contribution in [0.3, 0.4) is 0 Å². The smallest absolute Gasteiger partial charge is 0.0563 e. The second-order valence-electron chi connectivity index (χ2n) is 8.75. The molecule has 0 spiro atoms. The van der Waals surface area contributed by atoms with Gasteiger partial charge in [0.25, 0.3) is 0 Å². The summed E-state index contributed by atoms with van der Waals surface area (Å²) in [6.45, 7) is 13.5. The summed E-state index contributed by atoms with van der Waals surface area (Å²) in [7, 11) is 0. The van der Waals surface area contributed by atoms with Gasteiger partial charge in [-0.25, -0.2) is 0 Å². The fourth-order valence-electron chi connectivity index (χ4n) is 3.59. The largest absolute Gasteiger partial charge is 0.256 e. The summed E-state index contributed by atoms with van der Waals surface area (Å²) in [5, 5.41) is 0. The average molecular weight is 376 g/mol. The Morgan fingerprint density at radius 2 is 1.64 bits per heavy atom. The van der Waals surface area contributed by atoms with Crippen molar-refractivity contribution in [3.63, 3.8) is 0 Å². The molecule has 28 heavy (non-hydrogen) atoms. The zero-order chi connectivity index (χ0) is 20.7. The molecule has 1 aromatic heterocycles. The van der Waals surface area contributed by atoms with Crippen LogP contribution in [0, 0.1) is 18.3 Å². The molecule has 2 aromatic rings. The van der Waals surface area contributed by atoms with Crippen LogP contribution < -0.4 is 0 Å². The lowest BCUT2D eigenvalue weighted by atomic mass is 9.92. The minimum Gasteiger partial charge on any atom is -0.256 e. The van der Waals surface area contributed by atoms with Gasteiger partial charge in [0, 0.05) is 11.1 Å². The second-order valence-corrected chi connectivity index (χ2v) is 8.75. The highest BCUT2D eigenvalue weighted by atomic mass is 14.7. The summed E-state index contributed by atoms with van der Waals surface area (Å²) < 4.78 is 0. The maximum atomic E-state index is 5.87. The molecule has 1 aromatic carbocycles. The molecule has 0 amide bonds. The van der Waals surface area contributed by atoms with Crippen LogP contribution in [0.25, 0.3) is 11.1 Å². The lowest BCUT2D eigenvalue weighted by molar-refractivity contribution is 0.483. The molecule has 0 radical (unpaired) electrons. The van der Waals surface area contributed by atoms with Gasteiger partial charge in [-0.05, 0) is 47.8 Å². The van der Waals surface area contributed by atoms with Crippen LogP contribution >= 0.6 is 0 Å². The van der Waals surface area contributed by atoms with E-state index in [0.29, 0.717) is 11.8 Å². The molecule has 0 aliphatic carbocycles. The van der Waals surface area contributed by atoms with Crippen molar-refractivity contribution in [3.05, 3.63) is 52.8 Å². The molecule has 2 rings (SSSR count). The SMILES string of the molecule is C#Cc1cc(-c2ccc(C(C)C)cc2)c(C(C)C)nc1CCCC[C@H](C)CC. The van der Waals surface area contributed by atoms with Gasteiger partial charge in [0.05, 0.1) is 11.4 Å². The molecular weight excluding hydrogens is 338 g/mol. The van der Waals surface area contributed by atoms with Gasteiger partial charge in [-0.3, -0.25) is 4.98 Å². The van der Waals surface area contributed by atoms with E-state index in [-0.39, 0.29) is 0 Å². The number of aryl methyl sites for hydroxylation is 1. The first-order valence-corrected chi connectivity index (χ1v) is 11.0. The van der Waals surface area contributed by atoms with Crippen molar-refractivity contribution in [2.45, 2.75) is 85.5 Å². The molecule has 1 atom stereocenters. The lowest BCUT2D eigenvalue weighted by Gasteiger charge is -2.17. The van der Waals surface area contributed by atoms with E-state index >= 15 is 0 Å². The predicted molar refractivity (Wildman–Crippen MR) is 123 cm³/mol. The molecule has 0 N–H and O–H groups in total. The van der Waals surface area contributed by atoms with E-state index in [1.54, 1.807) is 0 Å². The Bertz CT molecular complexity index is 790. The molecule has 1 heteroatoms. The van der Waals surface area contributed by atoms with Crippen LogP contribution in [0.4, 0.5) is 0 Å². The van der Waals surface area contributed by atoms with Gasteiger partial charge in [-0.2, -0.15) is 0 Å². The Balaban J connectivity index is 2.31. The highest BCUT2D eigenvalue weighted by molar-refractivity contribution is 5.69. The Morgan fingerprint density at radius 1 is 0.964 bits per heavy atom. The Labute approximate surface area is 173 Å². The van der Waals surface area contributed by atoms with Crippen molar-refractivity contribution >= 4 is 0 Å². The first kappa shape index (κ1) is 22.2. The van der Waals surface area contributed by atoms with E-state index in [2.05, 4.69) is 77.8 Å². The second kappa shape index (κ2) is 10.5. The molecule has 0 bridgehead atoms. The number of aromatic nitrogens is 1. The van der Waals surface area contributed by atoms with Crippen LogP contribution in [0.1, 0.15) is 102 Å². The normalized spacial score (nSPS) is 12.4. The number of benzene rings is 1. The molecule has 1 heterocycles. The van der Waals surface area contributed by atoms with Crippen molar-refractivity contribution in [3.8, 4) is 23.5 Å². The molecule has 1 nitrogen and oxygen atoms in total. The van der Waals surface area contributed by atoms with Crippen LogP contribution in [0.2, 0.25) is 0 Å². The third-order valence-corrected chi connectivity index (χ3v) is 5.78. The van der Waals surface area contributed by atoms with Crippen molar-refractivity contribution in [2.24, 2.45) is 5.92 Å². The third-order valence-electron chi connectivity index (χ3n) is 5.78. The van der Waals surface area contributed by atoms with Gasteiger partial charge in [0.15, 0.2) is 0 Å². The van der Waals surface area contributed by atoms with Crippen molar-refractivity contribution in [1.29, 1.82) is 0 Å². The molecule has 150 valence electrons. The number of hydrogen-bond acceptors (Lipinski definition) is 1.